The van der Waals surface area contributed by atoms with Crippen molar-refractivity contribution in [1.29, 1.82) is 0 Å². The summed E-state index contributed by atoms with van der Waals surface area (Å²) in [6.07, 6.45) is 1.51. The summed E-state index contributed by atoms with van der Waals surface area (Å²) in [5.41, 5.74) is 1.86. The fraction of sp³-hybridized carbons (Fsp3) is 0.333. The fourth-order valence-electron chi connectivity index (χ4n) is 3.05. The van der Waals surface area contributed by atoms with Gasteiger partial charge in [0.1, 0.15) is 5.75 Å². The van der Waals surface area contributed by atoms with E-state index >= 15 is 0 Å². The highest BCUT2D eigenvalue weighted by molar-refractivity contribution is 14.1. The van der Waals surface area contributed by atoms with Gasteiger partial charge in [-0.1, -0.05) is 17.7 Å². The van der Waals surface area contributed by atoms with Gasteiger partial charge in [-0.15, -0.1) is 0 Å². The summed E-state index contributed by atoms with van der Waals surface area (Å²) in [5.74, 6) is 0.614. The highest BCUT2D eigenvalue weighted by Crippen LogP contribution is 2.15. The Kier molecular flexibility index (Phi) is 6.71. The molecule has 1 N–H and O–H groups in total. The second-order valence-corrected chi connectivity index (χ2v) is 7.99. The van der Waals surface area contributed by atoms with E-state index < -0.39 is 0 Å². The van der Waals surface area contributed by atoms with Gasteiger partial charge in [-0.05, 0) is 78.8 Å². The first-order chi connectivity index (χ1) is 13.0. The van der Waals surface area contributed by atoms with Gasteiger partial charge in [-0.3, -0.25) is 9.59 Å². The van der Waals surface area contributed by atoms with E-state index in [9.17, 15) is 9.59 Å². The van der Waals surface area contributed by atoms with Crippen molar-refractivity contribution in [3.8, 4) is 5.75 Å². The van der Waals surface area contributed by atoms with Gasteiger partial charge in [-0.2, -0.15) is 0 Å². The van der Waals surface area contributed by atoms with Crippen molar-refractivity contribution in [2.75, 3.05) is 19.7 Å². The Hall–Kier alpha value is -2.09. The van der Waals surface area contributed by atoms with Gasteiger partial charge in [0.25, 0.3) is 11.8 Å². The zero-order chi connectivity index (χ0) is 19.2. The van der Waals surface area contributed by atoms with E-state index in [0.29, 0.717) is 24.4 Å². The lowest BCUT2D eigenvalue weighted by atomic mass is 10.0. The SMILES string of the molecule is Cc1ccc(C(=O)N2CCC(NC(=O)COc3ccc(I)cc3)CC2)cc1. The average Bonchev–Trinajstić information content (AvgIpc) is 2.68. The molecule has 5 nitrogen and oxygen atoms in total. The number of hydrogen-bond acceptors (Lipinski definition) is 3. The third-order valence-corrected chi connectivity index (χ3v) is 5.35. The molecule has 1 heterocycles. The number of piperidine rings is 1. The summed E-state index contributed by atoms with van der Waals surface area (Å²) in [7, 11) is 0. The number of nitrogens with one attached hydrogen (secondary N) is 1. The Labute approximate surface area is 173 Å². The molecule has 1 aliphatic rings. The number of carbonyl (C=O) groups is 2. The van der Waals surface area contributed by atoms with Crippen molar-refractivity contribution in [1.82, 2.24) is 10.2 Å². The molecule has 2 aromatic carbocycles. The van der Waals surface area contributed by atoms with E-state index in [0.717, 1.165) is 22.0 Å². The van der Waals surface area contributed by atoms with Crippen LogP contribution >= 0.6 is 22.6 Å². The Bertz CT molecular complexity index is 782. The number of aryl methyl sites for hydroxylation is 1. The molecule has 1 saturated heterocycles. The van der Waals surface area contributed by atoms with Gasteiger partial charge < -0.3 is 15.0 Å². The summed E-state index contributed by atoms with van der Waals surface area (Å²) in [4.78, 5) is 26.5. The predicted octanol–water partition coefficient (Wildman–Crippen LogP) is 3.40. The lowest BCUT2D eigenvalue weighted by Crippen LogP contribution is -2.47. The predicted molar refractivity (Wildman–Crippen MR) is 113 cm³/mol. The van der Waals surface area contributed by atoms with Crippen molar-refractivity contribution < 1.29 is 14.3 Å². The number of halogens is 1. The molecule has 1 fully saturated rings. The maximum Gasteiger partial charge on any atom is 0.258 e. The highest BCUT2D eigenvalue weighted by atomic mass is 127. The maximum absolute atomic E-state index is 12.5. The third-order valence-electron chi connectivity index (χ3n) is 4.63. The van der Waals surface area contributed by atoms with Crippen LogP contribution in [0.4, 0.5) is 0 Å². The quantitative estimate of drug-likeness (QED) is 0.671. The number of amides is 2. The number of carbonyl (C=O) groups excluding carboxylic acids is 2. The Balaban J connectivity index is 1.42. The van der Waals surface area contributed by atoms with Crippen molar-refractivity contribution in [3.63, 3.8) is 0 Å². The highest BCUT2D eigenvalue weighted by Gasteiger charge is 2.24. The molecular weight excluding hydrogens is 455 g/mol. The van der Waals surface area contributed by atoms with Crippen molar-refractivity contribution in [3.05, 3.63) is 63.2 Å². The van der Waals surface area contributed by atoms with Gasteiger partial charge in [0.15, 0.2) is 6.61 Å². The van der Waals surface area contributed by atoms with E-state index in [1.54, 1.807) is 0 Å². The summed E-state index contributed by atoms with van der Waals surface area (Å²) in [5, 5.41) is 3.00. The van der Waals surface area contributed by atoms with Gasteiger partial charge in [-0.25, -0.2) is 0 Å². The molecule has 0 aromatic heterocycles. The Morgan fingerprint density at radius 3 is 2.33 bits per heavy atom. The Morgan fingerprint density at radius 2 is 1.70 bits per heavy atom. The fourth-order valence-corrected chi connectivity index (χ4v) is 3.41. The topological polar surface area (TPSA) is 58.6 Å². The third kappa shape index (κ3) is 5.69. The van der Waals surface area contributed by atoms with Crippen LogP contribution in [0.2, 0.25) is 0 Å². The normalized spacial score (nSPS) is 14.7. The zero-order valence-corrected chi connectivity index (χ0v) is 17.4. The monoisotopic (exact) mass is 478 g/mol. The minimum absolute atomic E-state index is 0.00308. The van der Waals surface area contributed by atoms with Gasteiger partial charge in [0.05, 0.1) is 0 Å². The molecule has 0 saturated carbocycles. The second-order valence-electron chi connectivity index (χ2n) is 6.74. The first-order valence-electron chi connectivity index (χ1n) is 9.05. The van der Waals surface area contributed by atoms with Crippen LogP contribution in [0.15, 0.2) is 48.5 Å². The number of nitrogens with zero attached hydrogens (tertiary/aromatic N) is 1. The second kappa shape index (κ2) is 9.21. The standard InChI is InChI=1S/C21H23IN2O3/c1-15-2-4-16(5-3-15)21(26)24-12-10-18(11-13-24)23-20(25)14-27-19-8-6-17(22)7-9-19/h2-9,18H,10-14H2,1H3,(H,23,25). The summed E-state index contributed by atoms with van der Waals surface area (Å²) < 4.78 is 6.63. The largest absolute Gasteiger partial charge is 0.484 e. The molecule has 3 rings (SSSR count). The van der Waals surface area contributed by atoms with E-state index in [2.05, 4.69) is 27.9 Å². The molecule has 27 heavy (non-hydrogen) atoms. The van der Waals surface area contributed by atoms with E-state index in [4.69, 9.17) is 4.74 Å². The van der Waals surface area contributed by atoms with Gasteiger partial charge in [0.2, 0.25) is 0 Å². The molecular formula is C21H23IN2O3. The van der Waals surface area contributed by atoms with Crippen molar-refractivity contribution in [2.24, 2.45) is 0 Å². The number of benzene rings is 2. The van der Waals surface area contributed by atoms with Crippen molar-refractivity contribution >= 4 is 34.4 Å². The average molecular weight is 478 g/mol. The molecule has 1 aliphatic heterocycles. The molecule has 0 atom stereocenters. The summed E-state index contributed by atoms with van der Waals surface area (Å²) in [6, 6.07) is 15.3. The number of hydrogen-bond donors (Lipinski definition) is 1. The minimum Gasteiger partial charge on any atom is -0.484 e. The van der Waals surface area contributed by atoms with Crippen LogP contribution in [0.25, 0.3) is 0 Å². The maximum atomic E-state index is 12.5. The summed E-state index contributed by atoms with van der Waals surface area (Å²) in [6.45, 7) is 3.30. The van der Waals surface area contributed by atoms with E-state index in [1.165, 1.54) is 0 Å². The number of rotatable bonds is 5. The molecule has 0 bridgehead atoms. The van der Waals surface area contributed by atoms with Crippen LogP contribution in [0.5, 0.6) is 5.75 Å². The number of likely N-dealkylation sites (tertiary alicyclic amines) is 1. The molecule has 0 spiro atoms. The Morgan fingerprint density at radius 1 is 1.07 bits per heavy atom. The molecule has 142 valence electrons. The smallest absolute Gasteiger partial charge is 0.258 e. The molecule has 0 unspecified atom stereocenters. The first kappa shape index (κ1) is 19.7. The molecule has 2 amide bonds. The van der Waals surface area contributed by atoms with Crippen LogP contribution < -0.4 is 10.1 Å². The molecule has 6 heteroatoms. The van der Waals surface area contributed by atoms with Crippen LogP contribution in [0.3, 0.4) is 0 Å². The van der Waals surface area contributed by atoms with Crippen LogP contribution in [-0.2, 0) is 4.79 Å². The van der Waals surface area contributed by atoms with Crippen LogP contribution in [0.1, 0.15) is 28.8 Å². The zero-order valence-electron chi connectivity index (χ0n) is 15.3. The van der Waals surface area contributed by atoms with E-state index in [-0.39, 0.29) is 24.5 Å². The van der Waals surface area contributed by atoms with Crippen LogP contribution in [0, 0.1) is 10.5 Å². The lowest BCUT2D eigenvalue weighted by molar-refractivity contribution is -0.124. The summed E-state index contributed by atoms with van der Waals surface area (Å²) >= 11 is 2.22. The van der Waals surface area contributed by atoms with Gasteiger partial charge in [0, 0.05) is 28.3 Å². The van der Waals surface area contributed by atoms with Crippen LogP contribution in [-0.4, -0.2) is 42.5 Å². The van der Waals surface area contributed by atoms with Crippen molar-refractivity contribution in [2.45, 2.75) is 25.8 Å². The molecule has 0 aliphatic carbocycles. The number of ether oxygens (including phenoxy) is 1. The lowest BCUT2D eigenvalue weighted by Gasteiger charge is -2.32. The van der Waals surface area contributed by atoms with Gasteiger partial charge >= 0.3 is 0 Å². The molecule has 0 radical (unpaired) electrons. The molecule has 2 aromatic rings. The first-order valence-corrected chi connectivity index (χ1v) is 10.1. The van der Waals surface area contributed by atoms with E-state index in [1.807, 2.05) is 60.4 Å². The minimum atomic E-state index is -0.128.